The molecule has 2 nitrogen and oxygen atoms in total. The molecule has 2 aromatic carbocycles. The summed E-state index contributed by atoms with van der Waals surface area (Å²) < 4.78 is 49.9. The molecule has 0 atom stereocenters. The van der Waals surface area contributed by atoms with Crippen LogP contribution in [0.3, 0.4) is 0 Å². The first-order valence-electron chi connectivity index (χ1n) is 6.34. The van der Waals surface area contributed by atoms with Gasteiger partial charge in [-0.3, -0.25) is 0 Å². The lowest BCUT2D eigenvalue weighted by molar-refractivity contribution is 0.277. The van der Waals surface area contributed by atoms with Gasteiger partial charge in [0.1, 0.15) is 0 Å². The minimum absolute atomic E-state index is 0.297. The highest BCUT2D eigenvalue weighted by atomic mass is 28.3. The lowest BCUT2D eigenvalue weighted by atomic mass is 10.0. The average molecular weight is 312 g/mol. The van der Waals surface area contributed by atoms with E-state index in [1.165, 1.54) is 0 Å². The van der Waals surface area contributed by atoms with Crippen molar-refractivity contribution in [1.29, 1.82) is 0 Å². The van der Waals surface area contributed by atoms with E-state index in [-0.39, 0.29) is 0 Å². The summed E-state index contributed by atoms with van der Waals surface area (Å²) in [5.74, 6) is -3.84. The largest absolute Gasteiger partial charge is 0.400 e. The molecule has 2 aromatic rings. The Morgan fingerprint density at radius 2 is 1.38 bits per heavy atom. The van der Waals surface area contributed by atoms with E-state index in [1.54, 1.807) is 26.4 Å². The topological polar surface area (TPSA) is 18.5 Å². The molecule has 6 heteroatoms. The Kier molecular flexibility index (Phi) is 5.16. The first kappa shape index (κ1) is 15.8. The smallest absolute Gasteiger partial charge is 0.325 e. The van der Waals surface area contributed by atoms with Crippen LogP contribution in [0.5, 0.6) is 0 Å². The molecule has 0 aliphatic carbocycles. The molecule has 0 bridgehead atoms. The number of benzene rings is 2. The Morgan fingerprint density at radius 1 is 0.857 bits per heavy atom. The van der Waals surface area contributed by atoms with Crippen molar-refractivity contribution in [2.45, 2.75) is 6.04 Å². The Bertz CT molecular complexity index is 590. The molecular weight excluding hydrogens is 297 g/mol. The van der Waals surface area contributed by atoms with Gasteiger partial charge in [0.15, 0.2) is 17.5 Å². The highest BCUT2D eigenvalue weighted by Gasteiger charge is 2.13. The third-order valence-electron chi connectivity index (χ3n) is 3.20. The normalized spacial score (nSPS) is 11.1. The molecule has 112 valence electrons. The molecule has 0 amide bonds. The van der Waals surface area contributed by atoms with Crippen molar-refractivity contribution in [1.82, 2.24) is 0 Å². The fourth-order valence-corrected chi connectivity index (χ4v) is 3.19. The van der Waals surface area contributed by atoms with Crippen LogP contribution in [0, 0.1) is 17.5 Å². The van der Waals surface area contributed by atoms with Crippen molar-refractivity contribution in [3.63, 3.8) is 0 Å². The maximum atomic E-state index is 13.2. The fourth-order valence-electron chi connectivity index (χ4n) is 2.01. The monoisotopic (exact) mass is 312 g/mol. The maximum absolute atomic E-state index is 13.2. The van der Waals surface area contributed by atoms with Gasteiger partial charge in [-0.05, 0) is 28.8 Å². The Hall–Kier alpha value is -1.63. The van der Waals surface area contributed by atoms with Crippen LogP contribution >= 0.6 is 0 Å². The van der Waals surface area contributed by atoms with Crippen molar-refractivity contribution in [2.75, 3.05) is 14.2 Å². The molecule has 0 radical (unpaired) electrons. The van der Waals surface area contributed by atoms with Gasteiger partial charge in [0.25, 0.3) is 0 Å². The quantitative estimate of drug-likeness (QED) is 0.622. The highest BCUT2D eigenvalue weighted by Crippen LogP contribution is 2.24. The summed E-state index contributed by atoms with van der Waals surface area (Å²) in [6.07, 6.45) is 0. The third kappa shape index (κ3) is 3.72. The van der Waals surface area contributed by atoms with Crippen molar-refractivity contribution >= 4 is 9.28 Å². The second-order valence-electron chi connectivity index (χ2n) is 4.56. The summed E-state index contributed by atoms with van der Waals surface area (Å²) in [6.45, 7) is 0. The van der Waals surface area contributed by atoms with Crippen molar-refractivity contribution in [3.8, 4) is 11.1 Å². The van der Waals surface area contributed by atoms with Gasteiger partial charge in [-0.15, -0.1) is 0 Å². The fraction of sp³-hybridized carbons (Fsp3) is 0.200. The minimum Gasteiger partial charge on any atom is -0.400 e. The van der Waals surface area contributed by atoms with E-state index in [0.29, 0.717) is 17.2 Å². The second kappa shape index (κ2) is 6.88. The molecule has 0 N–H and O–H groups in total. The summed E-state index contributed by atoms with van der Waals surface area (Å²) in [5, 5.41) is 0. The summed E-state index contributed by atoms with van der Waals surface area (Å²) in [5.41, 5.74) is 1.93. The summed E-state index contributed by atoms with van der Waals surface area (Å²) in [7, 11) is 1.52. The molecule has 21 heavy (non-hydrogen) atoms. The van der Waals surface area contributed by atoms with Gasteiger partial charge in [-0.1, -0.05) is 24.3 Å². The number of rotatable bonds is 5. The number of halogens is 3. The standard InChI is InChI=1S/C15H15F3O2Si/c1-19-21(20-2)9-10-3-5-11(6-4-10)12-7-13(16)15(18)14(17)8-12/h3-8,21H,9H2,1-2H3. The summed E-state index contributed by atoms with van der Waals surface area (Å²) in [4.78, 5) is 0. The second-order valence-corrected chi connectivity index (χ2v) is 6.77. The zero-order valence-electron chi connectivity index (χ0n) is 11.7. The van der Waals surface area contributed by atoms with E-state index in [9.17, 15) is 13.2 Å². The molecule has 2 rings (SSSR count). The highest BCUT2D eigenvalue weighted by molar-refractivity contribution is 6.43. The Balaban J connectivity index is 2.23. The van der Waals surface area contributed by atoms with Gasteiger partial charge in [0.2, 0.25) is 0 Å². The molecule has 0 unspecified atom stereocenters. The van der Waals surface area contributed by atoms with Crippen molar-refractivity contribution < 1.29 is 22.0 Å². The van der Waals surface area contributed by atoms with E-state index in [1.807, 2.05) is 12.1 Å². The van der Waals surface area contributed by atoms with Crippen LogP contribution in [0.4, 0.5) is 13.2 Å². The van der Waals surface area contributed by atoms with E-state index in [2.05, 4.69) is 0 Å². The van der Waals surface area contributed by atoms with E-state index in [4.69, 9.17) is 8.85 Å². The lowest BCUT2D eigenvalue weighted by Gasteiger charge is -2.11. The molecule has 0 aromatic heterocycles. The third-order valence-corrected chi connectivity index (χ3v) is 5.06. The maximum Gasteiger partial charge on any atom is 0.325 e. The predicted molar refractivity (Wildman–Crippen MR) is 76.6 cm³/mol. The molecule has 0 fully saturated rings. The van der Waals surface area contributed by atoms with Crippen molar-refractivity contribution in [3.05, 3.63) is 59.4 Å². The lowest BCUT2D eigenvalue weighted by Crippen LogP contribution is -2.22. The molecule has 0 aliphatic heterocycles. The van der Waals surface area contributed by atoms with Gasteiger partial charge in [-0.2, -0.15) is 0 Å². The van der Waals surface area contributed by atoms with E-state index < -0.39 is 26.7 Å². The van der Waals surface area contributed by atoms with Crippen LogP contribution in [0.25, 0.3) is 11.1 Å². The summed E-state index contributed by atoms with van der Waals surface area (Å²) >= 11 is 0. The van der Waals surface area contributed by atoms with E-state index in [0.717, 1.165) is 17.7 Å². The van der Waals surface area contributed by atoms with Gasteiger partial charge >= 0.3 is 9.28 Å². The molecule has 0 spiro atoms. The van der Waals surface area contributed by atoms with Gasteiger partial charge in [-0.25, -0.2) is 13.2 Å². The van der Waals surface area contributed by atoms with E-state index >= 15 is 0 Å². The first-order chi connectivity index (χ1) is 10.0. The van der Waals surface area contributed by atoms with Gasteiger partial charge in [0, 0.05) is 20.3 Å². The zero-order valence-corrected chi connectivity index (χ0v) is 12.9. The van der Waals surface area contributed by atoms with Gasteiger partial charge in [0.05, 0.1) is 0 Å². The van der Waals surface area contributed by atoms with Crippen LogP contribution in [0.1, 0.15) is 5.56 Å². The molecule has 0 saturated heterocycles. The zero-order chi connectivity index (χ0) is 15.4. The van der Waals surface area contributed by atoms with Crippen molar-refractivity contribution in [2.24, 2.45) is 0 Å². The average Bonchev–Trinajstić information content (AvgIpc) is 2.50. The predicted octanol–water partition coefficient (Wildman–Crippen LogP) is 3.37. The van der Waals surface area contributed by atoms with Crippen LogP contribution in [-0.2, 0) is 14.9 Å². The Labute approximate surface area is 123 Å². The van der Waals surface area contributed by atoms with Crippen LogP contribution in [0.15, 0.2) is 36.4 Å². The summed E-state index contributed by atoms with van der Waals surface area (Å²) in [6, 6.07) is 9.81. The van der Waals surface area contributed by atoms with Gasteiger partial charge < -0.3 is 8.85 Å². The molecule has 0 heterocycles. The molecular formula is C15H15F3O2Si. The SMILES string of the molecule is CO[SiH](Cc1ccc(-c2cc(F)c(F)c(F)c2)cc1)OC. The van der Waals surface area contributed by atoms with Crippen LogP contribution < -0.4 is 0 Å². The molecule has 0 saturated carbocycles. The first-order valence-corrected chi connectivity index (χ1v) is 8.10. The Morgan fingerprint density at radius 3 is 1.86 bits per heavy atom. The van der Waals surface area contributed by atoms with Crippen LogP contribution in [0.2, 0.25) is 0 Å². The van der Waals surface area contributed by atoms with Crippen LogP contribution in [-0.4, -0.2) is 23.5 Å². The number of hydrogen-bond acceptors (Lipinski definition) is 2. The molecule has 0 aliphatic rings. The minimum atomic E-state index is -1.70. The number of hydrogen-bond donors (Lipinski definition) is 0.